The Bertz CT molecular complexity index is 551. The number of nitrogens with two attached hydrogens (primary N) is 1. The summed E-state index contributed by atoms with van der Waals surface area (Å²) in [6.45, 7) is 2.56. The molecule has 1 aromatic rings. The zero-order valence-electron chi connectivity index (χ0n) is 11.8. The number of likely N-dealkylation sites (N-methyl/N-ethyl adjacent to an activating group) is 1. The standard InChI is InChI=1S/C15H19N3O2/c1-3-18-14(19)7-5-12(17)15(18)10-4-6-13(20-2)11(8-10)9-16/h4,6,8,12,15H,3,5,7,17H2,1-2H3. The summed E-state index contributed by atoms with van der Waals surface area (Å²) in [4.78, 5) is 13.8. The minimum Gasteiger partial charge on any atom is -0.495 e. The molecule has 2 N–H and O–H groups in total. The van der Waals surface area contributed by atoms with Gasteiger partial charge in [0.15, 0.2) is 0 Å². The summed E-state index contributed by atoms with van der Waals surface area (Å²) in [6.07, 6.45) is 1.17. The number of benzene rings is 1. The molecule has 1 aliphatic heterocycles. The number of methoxy groups -OCH3 is 1. The average molecular weight is 273 g/mol. The normalized spacial score (nSPS) is 22.5. The Kier molecular flexibility index (Phi) is 4.26. The molecular weight excluding hydrogens is 254 g/mol. The molecule has 1 heterocycles. The zero-order chi connectivity index (χ0) is 14.7. The van der Waals surface area contributed by atoms with E-state index in [1.165, 1.54) is 7.11 Å². The third kappa shape index (κ3) is 2.47. The second-order valence-electron chi connectivity index (χ2n) is 4.90. The maximum atomic E-state index is 12.0. The molecule has 1 aromatic carbocycles. The van der Waals surface area contributed by atoms with Crippen LogP contribution in [-0.2, 0) is 4.79 Å². The van der Waals surface area contributed by atoms with Crippen LogP contribution in [0, 0.1) is 11.3 Å². The van der Waals surface area contributed by atoms with Gasteiger partial charge in [-0.2, -0.15) is 5.26 Å². The van der Waals surface area contributed by atoms with Gasteiger partial charge in [-0.1, -0.05) is 6.07 Å². The predicted octanol–water partition coefficient (Wildman–Crippen LogP) is 1.58. The molecular formula is C15H19N3O2. The van der Waals surface area contributed by atoms with Crippen molar-refractivity contribution in [3.63, 3.8) is 0 Å². The molecule has 106 valence electrons. The average Bonchev–Trinajstić information content (AvgIpc) is 2.48. The number of ether oxygens (including phenoxy) is 1. The van der Waals surface area contributed by atoms with Crippen LogP contribution in [0.1, 0.15) is 36.9 Å². The molecule has 2 unspecified atom stereocenters. The smallest absolute Gasteiger partial charge is 0.223 e. The molecule has 2 rings (SSSR count). The number of carbonyl (C=O) groups is 1. The van der Waals surface area contributed by atoms with Crippen LogP contribution in [0.5, 0.6) is 5.75 Å². The second-order valence-corrected chi connectivity index (χ2v) is 4.90. The van der Waals surface area contributed by atoms with Gasteiger partial charge >= 0.3 is 0 Å². The van der Waals surface area contributed by atoms with E-state index in [9.17, 15) is 10.1 Å². The van der Waals surface area contributed by atoms with Crippen LogP contribution >= 0.6 is 0 Å². The van der Waals surface area contributed by atoms with Crippen molar-refractivity contribution in [1.29, 1.82) is 5.26 Å². The molecule has 0 aromatic heterocycles. The Labute approximate surface area is 118 Å². The molecule has 2 atom stereocenters. The summed E-state index contributed by atoms with van der Waals surface area (Å²) < 4.78 is 5.15. The van der Waals surface area contributed by atoms with E-state index in [0.717, 1.165) is 5.56 Å². The highest BCUT2D eigenvalue weighted by molar-refractivity contribution is 5.78. The summed E-state index contributed by atoms with van der Waals surface area (Å²) in [6, 6.07) is 7.25. The molecule has 1 aliphatic rings. The Morgan fingerprint density at radius 2 is 2.30 bits per heavy atom. The molecule has 0 bridgehead atoms. The van der Waals surface area contributed by atoms with Crippen LogP contribution in [0.25, 0.3) is 0 Å². The van der Waals surface area contributed by atoms with Crippen LogP contribution in [0.3, 0.4) is 0 Å². The number of piperidine rings is 1. The number of rotatable bonds is 3. The van der Waals surface area contributed by atoms with Gasteiger partial charge in [-0.05, 0) is 31.0 Å². The minimum atomic E-state index is -0.167. The van der Waals surface area contributed by atoms with Gasteiger partial charge in [-0.3, -0.25) is 4.79 Å². The molecule has 5 heteroatoms. The fourth-order valence-corrected chi connectivity index (χ4v) is 2.78. The highest BCUT2D eigenvalue weighted by atomic mass is 16.5. The number of hydrogen-bond acceptors (Lipinski definition) is 4. The van der Waals surface area contributed by atoms with E-state index < -0.39 is 0 Å². The number of likely N-dealkylation sites (tertiary alicyclic amines) is 1. The van der Waals surface area contributed by atoms with Gasteiger partial charge in [-0.25, -0.2) is 0 Å². The molecule has 1 fully saturated rings. The molecule has 1 saturated heterocycles. The lowest BCUT2D eigenvalue weighted by Crippen LogP contribution is -2.48. The van der Waals surface area contributed by atoms with E-state index in [-0.39, 0.29) is 18.0 Å². The lowest BCUT2D eigenvalue weighted by molar-refractivity contribution is -0.137. The molecule has 0 aliphatic carbocycles. The van der Waals surface area contributed by atoms with Gasteiger partial charge in [-0.15, -0.1) is 0 Å². The lowest BCUT2D eigenvalue weighted by atomic mass is 9.89. The van der Waals surface area contributed by atoms with E-state index in [1.54, 1.807) is 17.0 Å². The number of hydrogen-bond donors (Lipinski definition) is 1. The summed E-state index contributed by atoms with van der Waals surface area (Å²) in [5.41, 5.74) is 7.55. The van der Waals surface area contributed by atoms with Crippen molar-refractivity contribution in [2.75, 3.05) is 13.7 Å². The monoisotopic (exact) mass is 273 g/mol. The topological polar surface area (TPSA) is 79.3 Å². The van der Waals surface area contributed by atoms with Gasteiger partial charge in [0.25, 0.3) is 0 Å². The molecule has 20 heavy (non-hydrogen) atoms. The number of nitrogens with zero attached hydrogens (tertiary/aromatic N) is 2. The zero-order valence-corrected chi connectivity index (χ0v) is 11.8. The fourth-order valence-electron chi connectivity index (χ4n) is 2.78. The first-order valence-corrected chi connectivity index (χ1v) is 6.75. The first kappa shape index (κ1) is 14.4. The van der Waals surface area contributed by atoms with Crippen LogP contribution in [0.2, 0.25) is 0 Å². The summed E-state index contributed by atoms with van der Waals surface area (Å²) >= 11 is 0. The Morgan fingerprint density at radius 1 is 1.55 bits per heavy atom. The minimum absolute atomic E-state index is 0.104. The first-order valence-electron chi connectivity index (χ1n) is 6.75. The maximum absolute atomic E-state index is 12.0. The number of amides is 1. The van der Waals surface area contributed by atoms with E-state index in [0.29, 0.717) is 30.7 Å². The Balaban J connectivity index is 2.42. The molecule has 0 radical (unpaired) electrons. The quantitative estimate of drug-likeness (QED) is 0.906. The van der Waals surface area contributed by atoms with Crippen molar-refractivity contribution in [3.05, 3.63) is 29.3 Å². The molecule has 1 amide bonds. The fraction of sp³-hybridized carbons (Fsp3) is 0.467. The van der Waals surface area contributed by atoms with E-state index in [4.69, 9.17) is 10.5 Å². The van der Waals surface area contributed by atoms with Crippen molar-refractivity contribution < 1.29 is 9.53 Å². The maximum Gasteiger partial charge on any atom is 0.223 e. The van der Waals surface area contributed by atoms with Crippen molar-refractivity contribution in [3.8, 4) is 11.8 Å². The lowest BCUT2D eigenvalue weighted by Gasteiger charge is -2.39. The van der Waals surface area contributed by atoms with E-state index in [2.05, 4.69) is 6.07 Å². The van der Waals surface area contributed by atoms with Crippen molar-refractivity contribution >= 4 is 5.91 Å². The number of nitriles is 1. The Morgan fingerprint density at radius 3 is 2.90 bits per heavy atom. The van der Waals surface area contributed by atoms with Crippen molar-refractivity contribution in [2.45, 2.75) is 31.8 Å². The first-order chi connectivity index (χ1) is 9.62. The highest BCUT2D eigenvalue weighted by Gasteiger charge is 2.34. The van der Waals surface area contributed by atoms with Crippen LogP contribution in [0.15, 0.2) is 18.2 Å². The largest absolute Gasteiger partial charge is 0.495 e. The van der Waals surface area contributed by atoms with Gasteiger partial charge in [0.1, 0.15) is 11.8 Å². The summed E-state index contributed by atoms with van der Waals surface area (Å²) in [5, 5.41) is 9.17. The van der Waals surface area contributed by atoms with Gasteiger partial charge < -0.3 is 15.4 Å². The van der Waals surface area contributed by atoms with Crippen molar-refractivity contribution in [2.24, 2.45) is 5.73 Å². The van der Waals surface area contributed by atoms with Crippen molar-refractivity contribution in [1.82, 2.24) is 4.90 Å². The second kappa shape index (κ2) is 5.93. The van der Waals surface area contributed by atoms with Gasteiger partial charge in [0, 0.05) is 19.0 Å². The van der Waals surface area contributed by atoms with Gasteiger partial charge in [0.05, 0.1) is 18.7 Å². The van der Waals surface area contributed by atoms with Crippen LogP contribution < -0.4 is 10.5 Å². The number of carbonyl (C=O) groups excluding carboxylic acids is 1. The summed E-state index contributed by atoms with van der Waals surface area (Å²) in [5.74, 6) is 0.656. The highest BCUT2D eigenvalue weighted by Crippen LogP contribution is 2.32. The third-order valence-electron chi connectivity index (χ3n) is 3.78. The van der Waals surface area contributed by atoms with E-state index in [1.807, 2.05) is 13.0 Å². The third-order valence-corrected chi connectivity index (χ3v) is 3.78. The molecule has 5 nitrogen and oxygen atoms in total. The summed E-state index contributed by atoms with van der Waals surface area (Å²) in [7, 11) is 1.53. The molecule has 0 saturated carbocycles. The SMILES string of the molecule is CCN1C(=O)CCC(N)C1c1ccc(OC)c(C#N)c1. The Hall–Kier alpha value is -2.06. The van der Waals surface area contributed by atoms with Crippen LogP contribution in [-0.4, -0.2) is 30.5 Å². The van der Waals surface area contributed by atoms with E-state index >= 15 is 0 Å². The molecule has 0 spiro atoms. The van der Waals surface area contributed by atoms with Crippen LogP contribution in [0.4, 0.5) is 0 Å². The predicted molar refractivity (Wildman–Crippen MR) is 75.0 cm³/mol. The van der Waals surface area contributed by atoms with Gasteiger partial charge in [0.2, 0.25) is 5.91 Å².